The van der Waals surface area contributed by atoms with Gasteiger partial charge < -0.3 is 4.57 Å². The number of nitrogens with one attached hydrogen (secondary N) is 1. The lowest BCUT2D eigenvalue weighted by molar-refractivity contribution is 0.591. The van der Waals surface area contributed by atoms with Gasteiger partial charge in [-0.1, -0.05) is 15.9 Å². The van der Waals surface area contributed by atoms with Crippen LogP contribution in [0.2, 0.25) is 0 Å². The van der Waals surface area contributed by atoms with Gasteiger partial charge in [-0.3, -0.25) is 4.72 Å². The molecule has 0 fully saturated rings. The molecule has 0 aromatic carbocycles. The number of nitrogens with zero attached hydrogens (tertiary/aromatic N) is 3. The lowest BCUT2D eigenvalue weighted by Gasteiger charge is -2.06. The van der Waals surface area contributed by atoms with E-state index >= 15 is 0 Å². The molecule has 19 heavy (non-hydrogen) atoms. The van der Waals surface area contributed by atoms with Crippen molar-refractivity contribution in [3.8, 4) is 0 Å². The number of anilines is 1. The van der Waals surface area contributed by atoms with Gasteiger partial charge in [0.1, 0.15) is 5.82 Å². The van der Waals surface area contributed by atoms with E-state index in [1.54, 1.807) is 16.7 Å². The minimum atomic E-state index is -3.71. The Morgan fingerprint density at radius 1 is 1.37 bits per heavy atom. The van der Waals surface area contributed by atoms with Crippen LogP contribution in [-0.4, -0.2) is 23.0 Å². The van der Waals surface area contributed by atoms with E-state index in [-0.39, 0.29) is 16.9 Å². The zero-order chi connectivity index (χ0) is 14.0. The molecule has 2 heterocycles. The van der Waals surface area contributed by atoms with Crippen LogP contribution in [0.3, 0.4) is 0 Å². The molecule has 2 rings (SSSR count). The first-order chi connectivity index (χ1) is 8.88. The zero-order valence-corrected chi connectivity index (χ0v) is 12.8. The van der Waals surface area contributed by atoms with E-state index in [1.165, 1.54) is 18.7 Å². The predicted octanol–water partition coefficient (Wildman–Crippen LogP) is 2.42. The Balaban J connectivity index is 2.27. The van der Waals surface area contributed by atoms with Crippen LogP contribution >= 0.6 is 15.9 Å². The fourth-order valence-corrected chi connectivity index (χ4v) is 2.66. The fraction of sp³-hybridized carbons (Fsp3) is 0.273. The lowest BCUT2D eigenvalue weighted by atomic mass is 10.4. The van der Waals surface area contributed by atoms with Crippen molar-refractivity contribution >= 4 is 31.8 Å². The third kappa shape index (κ3) is 3.32. The van der Waals surface area contributed by atoms with E-state index in [2.05, 4.69) is 30.6 Å². The van der Waals surface area contributed by atoms with E-state index in [4.69, 9.17) is 0 Å². The molecule has 0 unspecified atom stereocenters. The lowest BCUT2D eigenvalue weighted by Crippen LogP contribution is -2.14. The zero-order valence-electron chi connectivity index (χ0n) is 10.4. The van der Waals surface area contributed by atoms with Crippen LogP contribution in [0.5, 0.6) is 0 Å². The van der Waals surface area contributed by atoms with Crippen molar-refractivity contribution < 1.29 is 8.42 Å². The van der Waals surface area contributed by atoms with Crippen molar-refractivity contribution in [1.29, 1.82) is 0 Å². The third-order valence-electron chi connectivity index (χ3n) is 2.41. The van der Waals surface area contributed by atoms with Gasteiger partial charge in [0.2, 0.25) is 0 Å². The molecule has 0 saturated carbocycles. The highest BCUT2D eigenvalue weighted by Gasteiger charge is 2.18. The monoisotopic (exact) mass is 344 g/mol. The van der Waals surface area contributed by atoms with Crippen LogP contribution in [0.1, 0.15) is 19.9 Å². The first kappa shape index (κ1) is 14.0. The Morgan fingerprint density at radius 3 is 2.68 bits per heavy atom. The maximum atomic E-state index is 12.1. The molecular formula is C11H13BrN4O2S. The maximum absolute atomic E-state index is 12.1. The summed E-state index contributed by atoms with van der Waals surface area (Å²) in [5.41, 5.74) is 0. The number of imidazole rings is 1. The van der Waals surface area contributed by atoms with Gasteiger partial charge in [-0.15, -0.1) is 0 Å². The van der Waals surface area contributed by atoms with Crippen molar-refractivity contribution in [2.24, 2.45) is 0 Å². The first-order valence-electron chi connectivity index (χ1n) is 5.56. The van der Waals surface area contributed by atoms with Gasteiger partial charge in [0, 0.05) is 22.9 Å². The van der Waals surface area contributed by atoms with Crippen LogP contribution < -0.4 is 4.72 Å². The minimum Gasteiger partial charge on any atom is -0.334 e. The molecular weight excluding hydrogens is 332 g/mol. The second kappa shape index (κ2) is 5.30. The molecule has 0 radical (unpaired) electrons. The van der Waals surface area contributed by atoms with Crippen molar-refractivity contribution in [3.63, 3.8) is 0 Å². The number of hydrogen-bond acceptors (Lipinski definition) is 4. The summed E-state index contributed by atoms with van der Waals surface area (Å²) in [6.45, 7) is 3.89. The van der Waals surface area contributed by atoms with Crippen LogP contribution in [0.25, 0.3) is 0 Å². The van der Waals surface area contributed by atoms with E-state index in [1.807, 2.05) is 13.8 Å². The third-order valence-corrected chi connectivity index (χ3v) is 4.14. The normalized spacial score (nSPS) is 11.8. The Labute approximate surface area is 120 Å². The van der Waals surface area contributed by atoms with Gasteiger partial charge in [0.15, 0.2) is 5.03 Å². The van der Waals surface area contributed by atoms with Gasteiger partial charge in [-0.25, -0.2) is 9.97 Å². The van der Waals surface area contributed by atoms with E-state index < -0.39 is 10.0 Å². The van der Waals surface area contributed by atoms with Crippen LogP contribution in [-0.2, 0) is 10.0 Å². The summed E-state index contributed by atoms with van der Waals surface area (Å²) in [6.07, 6.45) is 4.49. The molecule has 0 saturated heterocycles. The molecule has 0 amide bonds. The van der Waals surface area contributed by atoms with Crippen LogP contribution in [0.4, 0.5) is 5.82 Å². The highest BCUT2D eigenvalue weighted by Crippen LogP contribution is 2.17. The van der Waals surface area contributed by atoms with E-state index in [0.29, 0.717) is 0 Å². The molecule has 1 N–H and O–H groups in total. The minimum absolute atomic E-state index is 0.0250. The molecule has 8 heteroatoms. The van der Waals surface area contributed by atoms with E-state index in [0.717, 1.165) is 4.47 Å². The second-order valence-corrected chi connectivity index (χ2v) is 6.76. The van der Waals surface area contributed by atoms with Gasteiger partial charge >= 0.3 is 0 Å². The molecule has 2 aromatic heterocycles. The summed E-state index contributed by atoms with van der Waals surface area (Å²) in [7, 11) is -3.71. The second-order valence-electron chi connectivity index (χ2n) is 4.22. The Kier molecular flexibility index (Phi) is 3.91. The molecule has 2 aromatic rings. The van der Waals surface area contributed by atoms with Crippen molar-refractivity contribution in [1.82, 2.24) is 14.5 Å². The van der Waals surface area contributed by atoms with Crippen molar-refractivity contribution in [2.45, 2.75) is 24.9 Å². The number of rotatable bonds is 4. The standard InChI is InChI=1S/C11H13BrN4O2S/c1-8(2)16-6-11(14-7-16)19(17,18)15-10-5-9(12)3-4-13-10/h3-8H,1-2H3,(H,13,15). The summed E-state index contributed by atoms with van der Waals surface area (Å²) in [5, 5.41) is -0.0250. The Bertz CT molecular complexity index is 682. The number of aromatic nitrogens is 3. The first-order valence-corrected chi connectivity index (χ1v) is 7.84. The number of sulfonamides is 1. The highest BCUT2D eigenvalue weighted by atomic mass is 79.9. The molecule has 0 bridgehead atoms. The molecule has 0 atom stereocenters. The SMILES string of the molecule is CC(C)n1cnc(S(=O)(=O)Nc2cc(Br)ccn2)c1. The van der Waals surface area contributed by atoms with Gasteiger partial charge in [0.25, 0.3) is 10.0 Å². The molecule has 0 aliphatic heterocycles. The Hall–Kier alpha value is -1.41. The Morgan fingerprint density at radius 2 is 2.11 bits per heavy atom. The summed E-state index contributed by atoms with van der Waals surface area (Å²) >= 11 is 3.25. The average molecular weight is 345 g/mol. The molecule has 0 aliphatic rings. The average Bonchev–Trinajstić information content (AvgIpc) is 2.78. The van der Waals surface area contributed by atoms with Crippen molar-refractivity contribution in [2.75, 3.05) is 4.72 Å². The molecule has 102 valence electrons. The maximum Gasteiger partial charge on any atom is 0.282 e. The number of halogens is 1. The summed E-state index contributed by atoms with van der Waals surface area (Å²) in [5.74, 6) is 0.244. The highest BCUT2D eigenvalue weighted by molar-refractivity contribution is 9.10. The topological polar surface area (TPSA) is 76.9 Å². The van der Waals surface area contributed by atoms with Crippen molar-refractivity contribution in [3.05, 3.63) is 35.3 Å². The fourth-order valence-electron chi connectivity index (χ4n) is 1.39. The van der Waals surface area contributed by atoms with Crippen LogP contribution in [0, 0.1) is 0 Å². The quantitative estimate of drug-likeness (QED) is 0.923. The predicted molar refractivity (Wildman–Crippen MR) is 75.4 cm³/mol. The molecule has 6 nitrogen and oxygen atoms in total. The van der Waals surface area contributed by atoms with Gasteiger partial charge in [0.05, 0.1) is 6.33 Å². The molecule has 0 spiro atoms. The van der Waals surface area contributed by atoms with Crippen LogP contribution in [0.15, 0.2) is 40.4 Å². The summed E-state index contributed by atoms with van der Waals surface area (Å²) < 4.78 is 29.1. The number of hydrogen-bond donors (Lipinski definition) is 1. The summed E-state index contributed by atoms with van der Waals surface area (Å²) in [4.78, 5) is 7.84. The largest absolute Gasteiger partial charge is 0.334 e. The number of pyridine rings is 1. The summed E-state index contributed by atoms with van der Waals surface area (Å²) in [6, 6.07) is 3.45. The smallest absolute Gasteiger partial charge is 0.282 e. The molecule has 0 aliphatic carbocycles. The van der Waals surface area contributed by atoms with Gasteiger partial charge in [-0.05, 0) is 26.0 Å². The van der Waals surface area contributed by atoms with E-state index in [9.17, 15) is 8.42 Å². The van der Waals surface area contributed by atoms with Gasteiger partial charge in [-0.2, -0.15) is 8.42 Å².